The molecule has 1 aliphatic heterocycles. The molecule has 1 aliphatic rings. The molecule has 0 unspecified atom stereocenters. The fourth-order valence-electron chi connectivity index (χ4n) is 3.63. The Labute approximate surface area is 231 Å². The standard InChI is InChI=1S/C16H13BrN2O2.C12H11BrN2O/c17-12-6-7-13-14(19-16(18-13)10-8-20-9-10)15(12)21-11-4-2-1-3-5-11;13-9-6-7-10(14)11(15)12(9)16-8-4-2-1-3-5-8/h1-7,10H,8-9H2,(H,18,19);1-7H,14-15H2. The Morgan fingerprint density at radius 1 is 0.757 bits per heavy atom. The summed E-state index contributed by atoms with van der Waals surface area (Å²) in [7, 11) is 0. The largest absolute Gasteiger partial charge is 0.454 e. The van der Waals surface area contributed by atoms with Crippen molar-refractivity contribution in [3.8, 4) is 23.0 Å². The van der Waals surface area contributed by atoms with E-state index in [2.05, 4.69) is 36.8 Å². The number of nitrogens with two attached hydrogens (primary N) is 2. The van der Waals surface area contributed by atoms with Crippen LogP contribution in [0.25, 0.3) is 11.0 Å². The van der Waals surface area contributed by atoms with Gasteiger partial charge in [-0.25, -0.2) is 4.98 Å². The van der Waals surface area contributed by atoms with E-state index in [1.54, 1.807) is 6.07 Å². The predicted octanol–water partition coefficient (Wildman–Crippen LogP) is 7.64. The van der Waals surface area contributed by atoms with E-state index in [0.717, 1.165) is 56.3 Å². The molecule has 0 spiro atoms. The molecule has 5 N–H and O–H groups in total. The van der Waals surface area contributed by atoms with E-state index in [4.69, 9.17) is 30.7 Å². The number of aromatic nitrogens is 2. The van der Waals surface area contributed by atoms with Crippen molar-refractivity contribution in [2.24, 2.45) is 0 Å². The zero-order chi connectivity index (χ0) is 25.8. The summed E-state index contributed by atoms with van der Waals surface area (Å²) in [5, 5.41) is 0. The van der Waals surface area contributed by atoms with Crippen molar-refractivity contribution < 1.29 is 14.2 Å². The van der Waals surface area contributed by atoms with Crippen molar-refractivity contribution >= 4 is 54.3 Å². The van der Waals surface area contributed by atoms with Gasteiger partial charge in [-0.15, -0.1) is 0 Å². The number of benzene rings is 4. The minimum atomic E-state index is 0.362. The fourth-order valence-corrected chi connectivity index (χ4v) is 4.46. The van der Waals surface area contributed by atoms with Crippen molar-refractivity contribution in [1.82, 2.24) is 9.97 Å². The van der Waals surface area contributed by atoms with Crippen molar-refractivity contribution in [3.05, 3.63) is 99.7 Å². The van der Waals surface area contributed by atoms with Gasteiger partial charge in [0, 0.05) is 0 Å². The first-order valence-corrected chi connectivity index (χ1v) is 13.1. The first-order chi connectivity index (χ1) is 18.0. The molecule has 0 radical (unpaired) electrons. The molecule has 0 aliphatic carbocycles. The molecule has 2 heterocycles. The number of rotatable bonds is 5. The number of ether oxygens (including phenoxy) is 3. The Kier molecular flexibility index (Phi) is 7.64. The SMILES string of the molecule is Brc1ccc2[nH]c(C3COC3)nc2c1Oc1ccccc1.Nc1ccc(Br)c(Oc2ccccc2)c1N. The number of H-pyrrole nitrogens is 1. The van der Waals surface area contributed by atoms with E-state index in [9.17, 15) is 0 Å². The van der Waals surface area contributed by atoms with Crippen LogP contribution in [0.3, 0.4) is 0 Å². The second-order valence-electron chi connectivity index (χ2n) is 8.34. The van der Waals surface area contributed by atoms with Crippen molar-refractivity contribution in [2.75, 3.05) is 24.7 Å². The molecule has 4 aromatic carbocycles. The normalized spacial score (nSPS) is 12.9. The third kappa shape index (κ3) is 5.74. The molecule has 0 atom stereocenters. The van der Waals surface area contributed by atoms with Gasteiger partial charge in [0.25, 0.3) is 0 Å². The van der Waals surface area contributed by atoms with Gasteiger partial charge in [0.2, 0.25) is 0 Å². The molecule has 1 aromatic heterocycles. The number of para-hydroxylation sites is 2. The summed E-state index contributed by atoms with van der Waals surface area (Å²) in [5.74, 6) is 4.13. The van der Waals surface area contributed by atoms with Gasteiger partial charge in [-0.3, -0.25) is 0 Å². The average molecular weight is 624 g/mol. The summed E-state index contributed by atoms with van der Waals surface area (Å²) in [5.41, 5.74) is 14.3. The van der Waals surface area contributed by atoms with Crippen molar-refractivity contribution in [2.45, 2.75) is 5.92 Å². The molecule has 7 nitrogen and oxygen atoms in total. The minimum absolute atomic E-state index is 0.362. The van der Waals surface area contributed by atoms with E-state index >= 15 is 0 Å². The third-order valence-electron chi connectivity index (χ3n) is 5.71. The smallest absolute Gasteiger partial charge is 0.169 e. The number of nitrogen functional groups attached to an aromatic ring is 2. The number of hydrogen-bond acceptors (Lipinski definition) is 6. The minimum Gasteiger partial charge on any atom is -0.454 e. The van der Waals surface area contributed by atoms with Crippen LogP contribution in [-0.2, 0) is 4.74 Å². The highest BCUT2D eigenvalue weighted by Crippen LogP contribution is 2.39. The van der Waals surface area contributed by atoms with E-state index in [1.165, 1.54) is 0 Å². The second-order valence-corrected chi connectivity index (χ2v) is 10.0. The quantitative estimate of drug-likeness (QED) is 0.174. The molecule has 37 heavy (non-hydrogen) atoms. The van der Waals surface area contributed by atoms with E-state index in [0.29, 0.717) is 23.0 Å². The maximum atomic E-state index is 6.01. The number of aromatic amines is 1. The lowest BCUT2D eigenvalue weighted by Gasteiger charge is -2.23. The molecule has 0 bridgehead atoms. The Morgan fingerprint density at radius 3 is 1.92 bits per heavy atom. The van der Waals surface area contributed by atoms with Gasteiger partial charge >= 0.3 is 0 Å². The molecule has 5 aromatic rings. The highest BCUT2D eigenvalue weighted by Gasteiger charge is 2.25. The van der Waals surface area contributed by atoms with Gasteiger partial charge in [0.05, 0.1) is 45.0 Å². The molecular formula is C28H24Br2N4O3. The lowest BCUT2D eigenvalue weighted by atomic mass is 10.1. The average Bonchev–Trinajstić information content (AvgIpc) is 3.30. The lowest BCUT2D eigenvalue weighted by Crippen LogP contribution is -2.26. The van der Waals surface area contributed by atoms with Gasteiger partial charge < -0.3 is 30.7 Å². The maximum Gasteiger partial charge on any atom is 0.169 e. The van der Waals surface area contributed by atoms with Gasteiger partial charge in [0.1, 0.15) is 22.8 Å². The highest BCUT2D eigenvalue weighted by atomic mass is 79.9. The number of anilines is 2. The number of fused-ring (bicyclic) bond motifs is 1. The fraction of sp³-hybridized carbons (Fsp3) is 0.107. The van der Waals surface area contributed by atoms with Crippen LogP contribution in [-0.4, -0.2) is 23.2 Å². The number of nitrogens with one attached hydrogen (secondary N) is 1. The molecule has 9 heteroatoms. The second kappa shape index (κ2) is 11.2. The van der Waals surface area contributed by atoms with Crippen LogP contribution in [0.2, 0.25) is 0 Å². The Hall–Kier alpha value is -3.53. The van der Waals surface area contributed by atoms with Crippen LogP contribution in [0, 0.1) is 0 Å². The summed E-state index contributed by atoms with van der Waals surface area (Å²) in [6, 6.07) is 26.7. The Morgan fingerprint density at radius 2 is 1.32 bits per heavy atom. The van der Waals surface area contributed by atoms with Crippen LogP contribution in [0.5, 0.6) is 23.0 Å². The number of halogens is 2. The maximum absolute atomic E-state index is 6.01. The third-order valence-corrected chi connectivity index (χ3v) is 6.96. The first kappa shape index (κ1) is 25.1. The summed E-state index contributed by atoms with van der Waals surface area (Å²) in [6.45, 7) is 1.46. The van der Waals surface area contributed by atoms with E-state index in [1.807, 2.05) is 78.9 Å². The monoisotopic (exact) mass is 622 g/mol. The molecule has 0 saturated carbocycles. The molecule has 1 saturated heterocycles. The summed E-state index contributed by atoms with van der Waals surface area (Å²) in [4.78, 5) is 8.06. The first-order valence-electron chi connectivity index (χ1n) is 11.5. The van der Waals surface area contributed by atoms with Crippen molar-refractivity contribution in [3.63, 3.8) is 0 Å². The van der Waals surface area contributed by atoms with E-state index in [-0.39, 0.29) is 0 Å². The Balaban J connectivity index is 0.000000158. The summed E-state index contributed by atoms with van der Waals surface area (Å²) >= 11 is 6.93. The zero-order valence-electron chi connectivity index (χ0n) is 19.7. The molecule has 0 amide bonds. The molecule has 1 fully saturated rings. The van der Waals surface area contributed by atoms with Crippen LogP contribution < -0.4 is 20.9 Å². The van der Waals surface area contributed by atoms with Gasteiger partial charge in [-0.1, -0.05) is 36.4 Å². The topological polar surface area (TPSA) is 108 Å². The number of imidazole rings is 1. The molecular weight excluding hydrogens is 600 g/mol. The zero-order valence-corrected chi connectivity index (χ0v) is 22.8. The van der Waals surface area contributed by atoms with Gasteiger partial charge in [0.15, 0.2) is 11.5 Å². The van der Waals surface area contributed by atoms with E-state index < -0.39 is 0 Å². The number of hydrogen-bond donors (Lipinski definition) is 3. The summed E-state index contributed by atoms with van der Waals surface area (Å²) in [6.07, 6.45) is 0. The predicted molar refractivity (Wildman–Crippen MR) is 153 cm³/mol. The van der Waals surface area contributed by atoms with Crippen LogP contribution >= 0.6 is 31.9 Å². The summed E-state index contributed by atoms with van der Waals surface area (Å²) < 4.78 is 18.6. The highest BCUT2D eigenvalue weighted by molar-refractivity contribution is 9.11. The Bertz CT molecular complexity index is 1510. The molecule has 6 rings (SSSR count). The van der Waals surface area contributed by atoms with Gasteiger partial charge in [-0.2, -0.15) is 0 Å². The van der Waals surface area contributed by atoms with Gasteiger partial charge in [-0.05, 0) is 80.4 Å². The van der Waals surface area contributed by atoms with Crippen molar-refractivity contribution in [1.29, 1.82) is 0 Å². The molecule has 188 valence electrons. The van der Waals surface area contributed by atoms with Crippen LogP contribution in [0.15, 0.2) is 93.9 Å². The number of nitrogens with zero attached hydrogens (tertiary/aromatic N) is 1. The van der Waals surface area contributed by atoms with Crippen LogP contribution in [0.1, 0.15) is 11.7 Å². The van der Waals surface area contributed by atoms with Crippen LogP contribution in [0.4, 0.5) is 11.4 Å². The lowest BCUT2D eigenvalue weighted by molar-refractivity contribution is 0.00531.